The number of carbonyl (C=O) groups excluding carboxylic acids is 1. The standard InChI is InChI=1S/C13H17F4N3O2/c1-12(2,18)6-20-10(21)8-3-4-9(19-5-8)22-7-13(16,17)11(14)15/h3-5,11H,6-7,18H2,1-2H3,(H,20,21). The summed E-state index contributed by atoms with van der Waals surface area (Å²) >= 11 is 0. The van der Waals surface area contributed by atoms with E-state index < -0.39 is 30.4 Å². The molecule has 9 heteroatoms. The van der Waals surface area contributed by atoms with Gasteiger partial charge in [-0.1, -0.05) is 0 Å². The zero-order valence-electron chi connectivity index (χ0n) is 12.1. The van der Waals surface area contributed by atoms with Crippen LogP contribution in [0.25, 0.3) is 0 Å². The highest BCUT2D eigenvalue weighted by Gasteiger charge is 2.41. The Bertz CT molecular complexity index is 501. The van der Waals surface area contributed by atoms with Gasteiger partial charge in [-0.25, -0.2) is 13.8 Å². The molecule has 0 spiro atoms. The Morgan fingerprint density at radius 1 is 1.41 bits per heavy atom. The van der Waals surface area contributed by atoms with Crippen molar-refractivity contribution in [3.8, 4) is 5.88 Å². The predicted molar refractivity (Wildman–Crippen MR) is 71.3 cm³/mol. The largest absolute Gasteiger partial charge is 0.471 e. The number of aromatic nitrogens is 1. The van der Waals surface area contributed by atoms with E-state index in [1.807, 2.05) is 0 Å². The molecule has 0 aliphatic rings. The zero-order valence-corrected chi connectivity index (χ0v) is 12.1. The zero-order chi connectivity index (χ0) is 17.0. The summed E-state index contributed by atoms with van der Waals surface area (Å²) in [6, 6.07) is 2.42. The van der Waals surface area contributed by atoms with Crippen molar-refractivity contribution in [3.05, 3.63) is 23.9 Å². The molecule has 0 saturated heterocycles. The lowest BCUT2D eigenvalue weighted by Crippen LogP contribution is -2.45. The van der Waals surface area contributed by atoms with Crippen LogP contribution < -0.4 is 15.8 Å². The number of halogens is 4. The normalized spacial score (nSPS) is 12.4. The van der Waals surface area contributed by atoms with E-state index in [1.165, 1.54) is 6.07 Å². The number of amides is 1. The van der Waals surface area contributed by atoms with Crippen molar-refractivity contribution in [2.75, 3.05) is 13.2 Å². The lowest BCUT2D eigenvalue weighted by Gasteiger charge is -2.18. The highest BCUT2D eigenvalue weighted by molar-refractivity contribution is 5.93. The number of hydrogen-bond donors (Lipinski definition) is 2. The third-order valence-corrected chi connectivity index (χ3v) is 2.43. The second-order valence-corrected chi connectivity index (χ2v) is 5.41. The minimum Gasteiger partial charge on any atom is -0.471 e. The van der Waals surface area contributed by atoms with Crippen LogP contribution in [0.1, 0.15) is 24.2 Å². The molecule has 0 radical (unpaired) electrons. The molecule has 0 bridgehead atoms. The third-order valence-electron chi connectivity index (χ3n) is 2.43. The smallest absolute Gasteiger partial charge is 0.340 e. The van der Waals surface area contributed by atoms with Crippen LogP contribution in [0.5, 0.6) is 5.88 Å². The average molecular weight is 323 g/mol. The number of ether oxygens (including phenoxy) is 1. The van der Waals surface area contributed by atoms with E-state index in [0.717, 1.165) is 12.3 Å². The number of nitrogens with zero attached hydrogens (tertiary/aromatic N) is 1. The van der Waals surface area contributed by atoms with E-state index in [2.05, 4.69) is 15.0 Å². The van der Waals surface area contributed by atoms with E-state index in [4.69, 9.17) is 5.73 Å². The van der Waals surface area contributed by atoms with Crippen LogP contribution in [0.4, 0.5) is 17.6 Å². The lowest BCUT2D eigenvalue weighted by atomic mass is 10.1. The van der Waals surface area contributed by atoms with Gasteiger partial charge < -0.3 is 15.8 Å². The molecular weight excluding hydrogens is 306 g/mol. The summed E-state index contributed by atoms with van der Waals surface area (Å²) < 4.78 is 53.7. The van der Waals surface area contributed by atoms with Crippen LogP contribution in [0.15, 0.2) is 18.3 Å². The summed E-state index contributed by atoms with van der Waals surface area (Å²) in [6.45, 7) is 2.19. The first-order valence-electron chi connectivity index (χ1n) is 6.33. The van der Waals surface area contributed by atoms with E-state index >= 15 is 0 Å². The SMILES string of the molecule is CC(C)(N)CNC(=O)c1ccc(OCC(F)(F)C(F)F)nc1. The summed E-state index contributed by atoms with van der Waals surface area (Å²) in [5.74, 6) is -4.99. The highest BCUT2D eigenvalue weighted by atomic mass is 19.3. The maximum atomic E-state index is 12.7. The van der Waals surface area contributed by atoms with Crippen molar-refractivity contribution in [1.29, 1.82) is 0 Å². The van der Waals surface area contributed by atoms with Crippen molar-refractivity contribution in [2.24, 2.45) is 5.73 Å². The fourth-order valence-corrected chi connectivity index (χ4v) is 1.24. The van der Waals surface area contributed by atoms with Gasteiger partial charge in [-0.15, -0.1) is 0 Å². The molecule has 0 fully saturated rings. The van der Waals surface area contributed by atoms with Gasteiger partial charge in [0.1, 0.15) is 0 Å². The van der Waals surface area contributed by atoms with Gasteiger partial charge in [0, 0.05) is 24.3 Å². The van der Waals surface area contributed by atoms with Gasteiger partial charge in [-0.3, -0.25) is 4.79 Å². The number of pyridine rings is 1. The number of carbonyl (C=O) groups is 1. The van der Waals surface area contributed by atoms with Crippen molar-refractivity contribution in [3.63, 3.8) is 0 Å². The second kappa shape index (κ2) is 6.91. The predicted octanol–water partition coefficient (Wildman–Crippen LogP) is 1.83. The van der Waals surface area contributed by atoms with E-state index in [9.17, 15) is 22.4 Å². The van der Waals surface area contributed by atoms with Crippen LogP contribution in [0.3, 0.4) is 0 Å². The molecule has 1 aromatic rings. The minimum absolute atomic E-state index is 0.164. The molecule has 3 N–H and O–H groups in total. The number of nitrogens with one attached hydrogen (secondary N) is 1. The van der Waals surface area contributed by atoms with Crippen LogP contribution >= 0.6 is 0 Å². The van der Waals surface area contributed by atoms with Crippen LogP contribution in [0, 0.1) is 0 Å². The van der Waals surface area contributed by atoms with E-state index in [0.29, 0.717) is 0 Å². The Labute approximate surface area is 124 Å². The Balaban J connectivity index is 2.58. The molecule has 1 aromatic heterocycles. The summed E-state index contributed by atoms with van der Waals surface area (Å²) in [6.07, 6.45) is -2.73. The van der Waals surface area contributed by atoms with Crippen molar-refractivity contribution in [2.45, 2.75) is 31.7 Å². The van der Waals surface area contributed by atoms with Crippen LogP contribution in [-0.2, 0) is 0 Å². The number of hydrogen-bond acceptors (Lipinski definition) is 4. The highest BCUT2D eigenvalue weighted by Crippen LogP contribution is 2.23. The second-order valence-electron chi connectivity index (χ2n) is 5.41. The van der Waals surface area contributed by atoms with Crippen molar-refractivity contribution < 1.29 is 27.1 Å². The molecule has 22 heavy (non-hydrogen) atoms. The molecule has 0 saturated carbocycles. The lowest BCUT2D eigenvalue weighted by molar-refractivity contribution is -0.148. The first-order valence-corrected chi connectivity index (χ1v) is 6.33. The van der Waals surface area contributed by atoms with Gasteiger partial charge in [-0.05, 0) is 19.9 Å². The molecule has 1 rings (SSSR count). The fraction of sp³-hybridized carbons (Fsp3) is 0.538. The molecular formula is C13H17F4N3O2. The van der Waals surface area contributed by atoms with Crippen LogP contribution in [-0.4, -0.2) is 41.9 Å². The molecule has 0 aliphatic carbocycles. The Morgan fingerprint density at radius 2 is 2.05 bits per heavy atom. The van der Waals surface area contributed by atoms with E-state index in [-0.39, 0.29) is 18.0 Å². The van der Waals surface area contributed by atoms with Gasteiger partial charge in [0.25, 0.3) is 5.91 Å². The minimum atomic E-state index is -4.26. The van der Waals surface area contributed by atoms with Crippen molar-refractivity contribution >= 4 is 5.91 Å². The maximum Gasteiger partial charge on any atom is 0.340 e. The molecule has 1 heterocycles. The molecule has 0 aromatic carbocycles. The summed E-state index contributed by atoms with van der Waals surface area (Å²) in [5, 5.41) is 2.57. The molecule has 1 amide bonds. The average Bonchev–Trinajstić information content (AvgIpc) is 2.42. The van der Waals surface area contributed by atoms with Crippen molar-refractivity contribution in [1.82, 2.24) is 10.3 Å². The van der Waals surface area contributed by atoms with Crippen LogP contribution in [0.2, 0.25) is 0 Å². The molecule has 0 atom stereocenters. The Morgan fingerprint density at radius 3 is 2.50 bits per heavy atom. The molecule has 0 unspecified atom stereocenters. The third kappa shape index (κ3) is 5.84. The number of rotatable bonds is 7. The monoisotopic (exact) mass is 323 g/mol. The first kappa shape index (κ1) is 18.1. The van der Waals surface area contributed by atoms with Gasteiger partial charge in [-0.2, -0.15) is 8.78 Å². The number of alkyl halides is 4. The van der Waals surface area contributed by atoms with Gasteiger partial charge in [0.15, 0.2) is 6.61 Å². The Hall–Kier alpha value is -1.90. The first-order chi connectivity index (χ1) is 10.0. The Kier molecular flexibility index (Phi) is 5.70. The topological polar surface area (TPSA) is 77.2 Å². The molecule has 5 nitrogen and oxygen atoms in total. The quantitative estimate of drug-likeness (QED) is 0.751. The summed E-state index contributed by atoms with van der Waals surface area (Å²) in [4.78, 5) is 15.4. The fourth-order valence-electron chi connectivity index (χ4n) is 1.24. The summed E-state index contributed by atoms with van der Waals surface area (Å²) in [5.41, 5.74) is 5.28. The van der Waals surface area contributed by atoms with Gasteiger partial charge in [0.05, 0.1) is 5.56 Å². The van der Waals surface area contributed by atoms with E-state index in [1.54, 1.807) is 13.8 Å². The summed E-state index contributed by atoms with van der Waals surface area (Å²) in [7, 11) is 0. The molecule has 0 aliphatic heterocycles. The van der Waals surface area contributed by atoms with Gasteiger partial charge in [0.2, 0.25) is 5.88 Å². The van der Waals surface area contributed by atoms with Gasteiger partial charge >= 0.3 is 12.3 Å². The maximum absolute atomic E-state index is 12.7. The number of nitrogens with two attached hydrogens (primary N) is 1. The molecule has 124 valence electrons.